The van der Waals surface area contributed by atoms with E-state index in [1.54, 1.807) is 26.5 Å². The van der Waals surface area contributed by atoms with Gasteiger partial charge in [0, 0.05) is 11.3 Å². The first-order valence-electron chi connectivity index (χ1n) is 7.60. The van der Waals surface area contributed by atoms with Crippen molar-refractivity contribution in [2.45, 2.75) is 19.9 Å². The third-order valence-corrected chi connectivity index (χ3v) is 3.54. The van der Waals surface area contributed by atoms with Gasteiger partial charge in [-0.2, -0.15) is 0 Å². The molecule has 2 aromatic rings. The van der Waals surface area contributed by atoms with Crippen LogP contribution in [-0.2, 0) is 4.79 Å². The molecule has 0 aliphatic carbocycles. The van der Waals surface area contributed by atoms with E-state index < -0.39 is 0 Å². The smallest absolute Gasteiger partial charge is 0.258 e. The summed E-state index contributed by atoms with van der Waals surface area (Å²) in [4.78, 5) is 16.2. The highest BCUT2D eigenvalue weighted by atomic mass is 16.5. The van der Waals surface area contributed by atoms with Crippen molar-refractivity contribution in [3.05, 3.63) is 47.8 Å². The normalized spacial score (nSPS) is 11.5. The van der Waals surface area contributed by atoms with Gasteiger partial charge in [-0.3, -0.25) is 9.78 Å². The van der Waals surface area contributed by atoms with Crippen molar-refractivity contribution in [1.29, 1.82) is 0 Å². The van der Waals surface area contributed by atoms with E-state index in [1.165, 1.54) is 0 Å². The lowest BCUT2D eigenvalue weighted by Gasteiger charge is -2.18. The highest BCUT2D eigenvalue weighted by molar-refractivity contribution is 5.78. The predicted octanol–water partition coefficient (Wildman–Crippen LogP) is 2.66. The number of nitrogens with zero attached hydrogens (tertiary/aromatic N) is 1. The lowest BCUT2D eigenvalue weighted by Crippen LogP contribution is -2.31. The van der Waals surface area contributed by atoms with E-state index in [0.717, 1.165) is 11.3 Å². The number of rotatable bonds is 7. The number of methoxy groups -OCH3 is 2. The van der Waals surface area contributed by atoms with Crippen molar-refractivity contribution < 1.29 is 19.0 Å². The molecule has 0 aliphatic heterocycles. The first-order chi connectivity index (χ1) is 11.5. The number of nitrogens with one attached hydrogen (secondary N) is 1. The van der Waals surface area contributed by atoms with Gasteiger partial charge in [-0.1, -0.05) is 0 Å². The number of carbonyl (C=O) groups is 1. The summed E-state index contributed by atoms with van der Waals surface area (Å²) in [7, 11) is 3.19. The van der Waals surface area contributed by atoms with E-state index in [-0.39, 0.29) is 18.6 Å². The molecular weight excluding hydrogens is 308 g/mol. The molecule has 1 atom stereocenters. The molecule has 6 heteroatoms. The van der Waals surface area contributed by atoms with E-state index in [9.17, 15) is 4.79 Å². The minimum Gasteiger partial charge on any atom is -0.497 e. The average Bonchev–Trinajstić information content (AvgIpc) is 2.60. The molecule has 0 unspecified atom stereocenters. The minimum absolute atomic E-state index is 0.0820. The van der Waals surface area contributed by atoms with Crippen LogP contribution in [0, 0.1) is 6.92 Å². The number of aryl methyl sites for hydroxylation is 1. The summed E-state index contributed by atoms with van der Waals surface area (Å²) in [5.74, 6) is 1.72. The fraction of sp³-hybridized carbons (Fsp3) is 0.333. The number of amides is 1. The van der Waals surface area contributed by atoms with Crippen molar-refractivity contribution in [3.63, 3.8) is 0 Å². The summed E-state index contributed by atoms with van der Waals surface area (Å²) in [5, 5.41) is 2.88. The van der Waals surface area contributed by atoms with Gasteiger partial charge in [0.1, 0.15) is 17.2 Å². The third kappa shape index (κ3) is 4.62. The molecule has 0 spiro atoms. The van der Waals surface area contributed by atoms with E-state index in [2.05, 4.69) is 10.3 Å². The van der Waals surface area contributed by atoms with Crippen molar-refractivity contribution in [2.75, 3.05) is 20.8 Å². The van der Waals surface area contributed by atoms with E-state index in [0.29, 0.717) is 17.2 Å². The first-order valence-corrected chi connectivity index (χ1v) is 7.60. The Morgan fingerprint density at radius 1 is 1.17 bits per heavy atom. The molecular formula is C18H22N2O4. The number of ether oxygens (including phenoxy) is 3. The van der Waals surface area contributed by atoms with Crippen LogP contribution in [-0.4, -0.2) is 31.7 Å². The summed E-state index contributed by atoms with van der Waals surface area (Å²) < 4.78 is 16.0. The summed E-state index contributed by atoms with van der Waals surface area (Å²) in [6.45, 7) is 3.68. The summed E-state index contributed by atoms with van der Waals surface area (Å²) in [5.41, 5.74) is 1.73. The molecule has 6 nitrogen and oxygen atoms in total. The summed E-state index contributed by atoms with van der Waals surface area (Å²) >= 11 is 0. The van der Waals surface area contributed by atoms with Crippen molar-refractivity contribution in [2.24, 2.45) is 0 Å². The first kappa shape index (κ1) is 17.6. The Morgan fingerprint density at radius 3 is 2.54 bits per heavy atom. The number of hydrogen-bond donors (Lipinski definition) is 1. The largest absolute Gasteiger partial charge is 0.497 e. The molecule has 1 heterocycles. The fourth-order valence-corrected chi connectivity index (χ4v) is 2.23. The van der Waals surface area contributed by atoms with Gasteiger partial charge in [0.05, 0.1) is 26.5 Å². The Bertz CT molecular complexity index is 686. The number of carbonyl (C=O) groups excluding carboxylic acids is 1. The Labute approximate surface area is 141 Å². The average molecular weight is 330 g/mol. The van der Waals surface area contributed by atoms with Gasteiger partial charge in [0.15, 0.2) is 6.61 Å². The number of benzene rings is 1. The molecule has 1 N–H and O–H groups in total. The summed E-state index contributed by atoms with van der Waals surface area (Å²) in [6.07, 6.45) is 1.59. The molecule has 2 rings (SSSR count). The Hall–Kier alpha value is -2.76. The molecule has 1 amide bonds. The molecule has 1 aromatic heterocycles. The van der Waals surface area contributed by atoms with Gasteiger partial charge in [0.2, 0.25) is 0 Å². The maximum atomic E-state index is 12.1. The Morgan fingerprint density at radius 2 is 1.92 bits per heavy atom. The minimum atomic E-state index is -0.248. The molecule has 1 aromatic carbocycles. The van der Waals surface area contributed by atoms with E-state index >= 15 is 0 Å². The SMILES string of the molecule is COc1ccc(OC)c([C@H](C)NC(=O)COc2ccc(C)nc2)c1. The highest BCUT2D eigenvalue weighted by Crippen LogP contribution is 2.29. The van der Waals surface area contributed by atoms with Crippen LogP contribution in [0.4, 0.5) is 0 Å². The second-order valence-corrected chi connectivity index (χ2v) is 5.32. The highest BCUT2D eigenvalue weighted by Gasteiger charge is 2.15. The lowest BCUT2D eigenvalue weighted by molar-refractivity contribution is -0.123. The zero-order valence-electron chi connectivity index (χ0n) is 14.3. The van der Waals surface area contributed by atoms with Gasteiger partial charge < -0.3 is 19.5 Å². The van der Waals surface area contributed by atoms with Gasteiger partial charge in [-0.05, 0) is 44.2 Å². The number of pyridine rings is 1. The van der Waals surface area contributed by atoms with Crippen LogP contribution < -0.4 is 19.5 Å². The van der Waals surface area contributed by atoms with Crippen LogP contribution in [0.2, 0.25) is 0 Å². The molecule has 0 saturated carbocycles. The second kappa shape index (κ2) is 8.19. The lowest BCUT2D eigenvalue weighted by atomic mass is 10.1. The van der Waals surface area contributed by atoms with Gasteiger partial charge >= 0.3 is 0 Å². The fourth-order valence-electron chi connectivity index (χ4n) is 2.23. The van der Waals surface area contributed by atoms with Crippen LogP contribution >= 0.6 is 0 Å². The molecule has 0 aliphatic rings. The van der Waals surface area contributed by atoms with Crippen LogP contribution in [0.15, 0.2) is 36.5 Å². The Balaban J connectivity index is 1.97. The van der Waals surface area contributed by atoms with Gasteiger partial charge in [-0.25, -0.2) is 0 Å². The van der Waals surface area contributed by atoms with Crippen LogP contribution in [0.5, 0.6) is 17.2 Å². The molecule has 0 saturated heterocycles. The van der Waals surface area contributed by atoms with Crippen LogP contribution in [0.25, 0.3) is 0 Å². The van der Waals surface area contributed by atoms with Crippen LogP contribution in [0.3, 0.4) is 0 Å². The monoisotopic (exact) mass is 330 g/mol. The quantitative estimate of drug-likeness (QED) is 0.845. The summed E-state index contributed by atoms with van der Waals surface area (Å²) in [6, 6.07) is 8.83. The molecule has 128 valence electrons. The van der Waals surface area contributed by atoms with Gasteiger partial charge in [0.25, 0.3) is 5.91 Å². The molecule has 0 bridgehead atoms. The zero-order valence-corrected chi connectivity index (χ0v) is 14.3. The topological polar surface area (TPSA) is 69.7 Å². The van der Waals surface area contributed by atoms with Crippen molar-refractivity contribution in [1.82, 2.24) is 10.3 Å². The van der Waals surface area contributed by atoms with Crippen LogP contribution in [0.1, 0.15) is 24.2 Å². The third-order valence-electron chi connectivity index (χ3n) is 3.54. The standard InChI is InChI=1S/C18H22N2O4/c1-12-5-6-15(10-19-12)24-11-18(21)20-13(2)16-9-14(22-3)7-8-17(16)23-4/h5-10,13H,11H2,1-4H3,(H,20,21)/t13-/m0/s1. The zero-order chi connectivity index (χ0) is 17.5. The maximum Gasteiger partial charge on any atom is 0.258 e. The van der Waals surface area contributed by atoms with Crippen molar-refractivity contribution >= 4 is 5.91 Å². The molecule has 24 heavy (non-hydrogen) atoms. The molecule has 0 radical (unpaired) electrons. The van der Waals surface area contributed by atoms with E-state index in [1.807, 2.05) is 38.1 Å². The number of hydrogen-bond acceptors (Lipinski definition) is 5. The predicted molar refractivity (Wildman–Crippen MR) is 90.6 cm³/mol. The van der Waals surface area contributed by atoms with Gasteiger partial charge in [-0.15, -0.1) is 0 Å². The Kier molecular flexibility index (Phi) is 6.01. The molecule has 0 fully saturated rings. The van der Waals surface area contributed by atoms with Crippen molar-refractivity contribution in [3.8, 4) is 17.2 Å². The second-order valence-electron chi connectivity index (χ2n) is 5.32. The van der Waals surface area contributed by atoms with E-state index in [4.69, 9.17) is 14.2 Å². The number of aromatic nitrogens is 1. The maximum absolute atomic E-state index is 12.1.